The summed E-state index contributed by atoms with van der Waals surface area (Å²) in [6, 6.07) is 11.7. The summed E-state index contributed by atoms with van der Waals surface area (Å²) in [5.41, 5.74) is 8.58. The molecule has 2 heterocycles. The van der Waals surface area contributed by atoms with Crippen molar-refractivity contribution in [1.82, 2.24) is 10.2 Å². The molecule has 0 saturated carbocycles. The molecule has 6 nitrogen and oxygen atoms in total. The maximum atomic E-state index is 11.1. The lowest BCUT2D eigenvalue weighted by Gasteiger charge is -2.50. The van der Waals surface area contributed by atoms with E-state index in [1.54, 1.807) is 0 Å². The number of benzene rings is 2. The zero-order valence-electron chi connectivity index (χ0n) is 17.6. The van der Waals surface area contributed by atoms with Gasteiger partial charge in [0.05, 0.1) is 11.2 Å². The zero-order chi connectivity index (χ0) is 22.0. The number of halogens is 2. The van der Waals surface area contributed by atoms with Gasteiger partial charge >= 0.3 is 0 Å². The van der Waals surface area contributed by atoms with Crippen LogP contribution in [0.2, 0.25) is 10.0 Å². The molecular formula is C23H28Cl2N4O2. The Balaban J connectivity index is 1.59. The van der Waals surface area contributed by atoms with Crippen LogP contribution in [0.4, 0.5) is 5.69 Å². The maximum Gasteiger partial charge on any atom is 0.255 e. The molecule has 1 spiro atoms. The molecular weight excluding hydrogens is 435 g/mol. The van der Waals surface area contributed by atoms with Crippen molar-refractivity contribution in [3.8, 4) is 5.75 Å². The van der Waals surface area contributed by atoms with Gasteiger partial charge in [0.15, 0.2) is 6.61 Å². The van der Waals surface area contributed by atoms with E-state index in [1.807, 2.05) is 30.3 Å². The Morgan fingerprint density at radius 3 is 2.77 bits per heavy atom. The third-order valence-electron chi connectivity index (χ3n) is 6.36. The van der Waals surface area contributed by atoms with E-state index in [4.69, 9.17) is 33.7 Å². The van der Waals surface area contributed by atoms with Gasteiger partial charge in [0.1, 0.15) is 5.75 Å². The molecule has 0 aliphatic carbocycles. The number of nitrogens with two attached hydrogens (primary N) is 1. The first-order chi connectivity index (χ1) is 14.8. The number of ether oxygens (including phenoxy) is 1. The second kappa shape index (κ2) is 9.25. The highest BCUT2D eigenvalue weighted by atomic mass is 35.5. The predicted octanol–water partition coefficient (Wildman–Crippen LogP) is 3.65. The molecule has 2 aliphatic heterocycles. The Bertz CT molecular complexity index is 961. The number of nitrogens with one attached hydrogen (secondary N) is 2. The molecule has 31 heavy (non-hydrogen) atoms. The summed E-state index contributed by atoms with van der Waals surface area (Å²) in [6.45, 7) is 2.62. The van der Waals surface area contributed by atoms with E-state index < -0.39 is 5.91 Å². The van der Waals surface area contributed by atoms with Crippen molar-refractivity contribution < 1.29 is 9.53 Å². The Labute approximate surface area is 193 Å². The minimum Gasteiger partial charge on any atom is -0.482 e. The molecule has 1 fully saturated rings. The van der Waals surface area contributed by atoms with E-state index in [1.165, 1.54) is 5.56 Å². The largest absolute Gasteiger partial charge is 0.482 e. The number of primary amides is 1. The number of amides is 1. The van der Waals surface area contributed by atoms with Crippen LogP contribution in [-0.4, -0.2) is 43.7 Å². The molecule has 1 unspecified atom stereocenters. The fourth-order valence-electron chi connectivity index (χ4n) is 4.59. The van der Waals surface area contributed by atoms with Crippen LogP contribution in [0, 0.1) is 5.41 Å². The quantitative estimate of drug-likeness (QED) is 0.610. The molecule has 8 heteroatoms. The first-order valence-electron chi connectivity index (χ1n) is 10.5. The van der Waals surface area contributed by atoms with Crippen molar-refractivity contribution in [3.63, 3.8) is 0 Å². The second-order valence-electron chi connectivity index (χ2n) is 8.63. The average molecular weight is 463 g/mol. The van der Waals surface area contributed by atoms with Crippen LogP contribution < -0.4 is 21.1 Å². The highest BCUT2D eigenvalue weighted by Crippen LogP contribution is 2.46. The summed E-state index contributed by atoms with van der Waals surface area (Å²) < 4.78 is 5.50. The van der Waals surface area contributed by atoms with E-state index in [-0.39, 0.29) is 18.2 Å². The SMILES string of the molecule is CN1CCC2(CC1)Cc1cc(Cl)c(OCC(N)=O)cc1NC2NCc1cccc(Cl)c1. The van der Waals surface area contributed by atoms with Gasteiger partial charge in [-0.1, -0.05) is 35.3 Å². The van der Waals surface area contributed by atoms with Crippen LogP contribution in [0.1, 0.15) is 24.0 Å². The van der Waals surface area contributed by atoms with Crippen LogP contribution in [0.15, 0.2) is 36.4 Å². The minimum atomic E-state index is -0.534. The summed E-state index contributed by atoms with van der Waals surface area (Å²) >= 11 is 12.6. The van der Waals surface area contributed by atoms with Crippen molar-refractivity contribution in [2.45, 2.75) is 32.0 Å². The van der Waals surface area contributed by atoms with E-state index in [0.29, 0.717) is 17.3 Å². The highest BCUT2D eigenvalue weighted by Gasteiger charge is 2.44. The van der Waals surface area contributed by atoms with Crippen molar-refractivity contribution in [2.75, 3.05) is 32.1 Å². The Kier molecular flexibility index (Phi) is 6.63. The van der Waals surface area contributed by atoms with E-state index in [2.05, 4.69) is 28.6 Å². The molecule has 2 aromatic carbocycles. The monoisotopic (exact) mass is 462 g/mol. The standard InChI is InChI=1S/C23H28Cl2N4O2/c1-29-7-5-23(6-8-29)12-16-10-18(25)20(31-14-21(26)30)11-19(16)28-22(23)27-13-15-3-2-4-17(24)9-15/h2-4,9-11,22,27-28H,5-8,12-14H2,1H3,(H2,26,30). The molecule has 1 amide bonds. The van der Waals surface area contributed by atoms with Gasteiger partial charge in [-0.15, -0.1) is 0 Å². The van der Waals surface area contributed by atoms with Crippen LogP contribution in [-0.2, 0) is 17.8 Å². The topological polar surface area (TPSA) is 79.6 Å². The fraction of sp³-hybridized carbons (Fsp3) is 0.435. The number of rotatable bonds is 6. The van der Waals surface area contributed by atoms with Gasteiger partial charge < -0.3 is 20.7 Å². The maximum absolute atomic E-state index is 11.1. The van der Waals surface area contributed by atoms with Crippen LogP contribution in [0.3, 0.4) is 0 Å². The number of carbonyl (C=O) groups excluding carboxylic acids is 1. The third-order valence-corrected chi connectivity index (χ3v) is 6.90. The van der Waals surface area contributed by atoms with Crippen LogP contribution in [0.5, 0.6) is 5.75 Å². The van der Waals surface area contributed by atoms with E-state index in [9.17, 15) is 4.79 Å². The number of anilines is 1. The number of piperidine rings is 1. The first-order valence-corrected chi connectivity index (χ1v) is 11.3. The van der Waals surface area contributed by atoms with Gasteiger partial charge in [-0.05, 0) is 68.7 Å². The number of carbonyl (C=O) groups is 1. The summed E-state index contributed by atoms with van der Waals surface area (Å²) in [5, 5.41) is 8.66. The molecule has 2 aromatic rings. The summed E-state index contributed by atoms with van der Waals surface area (Å²) in [6.07, 6.45) is 3.17. The van der Waals surface area contributed by atoms with Crippen LogP contribution >= 0.6 is 23.2 Å². The minimum absolute atomic E-state index is 0.0804. The van der Waals surface area contributed by atoms with Crippen molar-refractivity contribution >= 4 is 34.8 Å². The van der Waals surface area contributed by atoms with E-state index in [0.717, 1.165) is 48.6 Å². The Hall–Kier alpha value is -1.99. The molecule has 1 saturated heterocycles. The Morgan fingerprint density at radius 1 is 1.29 bits per heavy atom. The normalized spacial score (nSPS) is 20.2. The number of likely N-dealkylation sites (tertiary alicyclic amines) is 1. The van der Waals surface area contributed by atoms with Crippen molar-refractivity contribution in [1.29, 1.82) is 0 Å². The molecule has 0 aromatic heterocycles. The number of nitrogens with zero attached hydrogens (tertiary/aromatic N) is 1. The van der Waals surface area contributed by atoms with Crippen molar-refractivity contribution in [3.05, 3.63) is 57.6 Å². The lowest BCUT2D eigenvalue weighted by atomic mass is 9.69. The molecule has 166 valence electrons. The van der Waals surface area contributed by atoms with Gasteiger partial charge in [0.25, 0.3) is 5.91 Å². The lowest BCUT2D eigenvalue weighted by molar-refractivity contribution is -0.119. The highest BCUT2D eigenvalue weighted by molar-refractivity contribution is 6.32. The van der Waals surface area contributed by atoms with Gasteiger partial charge in [-0.2, -0.15) is 0 Å². The third kappa shape index (κ3) is 5.09. The number of hydrogen-bond donors (Lipinski definition) is 3. The van der Waals surface area contributed by atoms with Crippen molar-refractivity contribution in [2.24, 2.45) is 11.1 Å². The smallest absolute Gasteiger partial charge is 0.255 e. The Morgan fingerprint density at radius 2 is 2.06 bits per heavy atom. The zero-order valence-corrected chi connectivity index (χ0v) is 19.1. The van der Waals surface area contributed by atoms with E-state index >= 15 is 0 Å². The second-order valence-corrected chi connectivity index (χ2v) is 9.47. The molecule has 2 aliphatic rings. The van der Waals surface area contributed by atoms with Gasteiger partial charge in [0.2, 0.25) is 0 Å². The lowest BCUT2D eigenvalue weighted by Crippen LogP contribution is -2.57. The fourth-order valence-corrected chi connectivity index (χ4v) is 5.04. The number of fused-ring (bicyclic) bond motifs is 1. The molecule has 0 bridgehead atoms. The summed E-state index contributed by atoms with van der Waals surface area (Å²) in [5.74, 6) is -0.0762. The predicted molar refractivity (Wildman–Crippen MR) is 125 cm³/mol. The molecule has 4 rings (SSSR count). The van der Waals surface area contributed by atoms with Crippen LogP contribution in [0.25, 0.3) is 0 Å². The van der Waals surface area contributed by atoms with Gasteiger partial charge in [-0.3, -0.25) is 10.1 Å². The average Bonchev–Trinajstić information content (AvgIpc) is 2.73. The number of hydrogen-bond acceptors (Lipinski definition) is 5. The molecule has 1 atom stereocenters. The summed E-state index contributed by atoms with van der Waals surface area (Å²) in [4.78, 5) is 13.5. The summed E-state index contributed by atoms with van der Waals surface area (Å²) in [7, 11) is 2.17. The first kappa shape index (κ1) is 22.2. The molecule has 4 N–H and O–H groups in total. The van der Waals surface area contributed by atoms with Gasteiger partial charge in [0, 0.05) is 28.7 Å². The molecule has 0 radical (unpaired) electrons. The van der Waals surface area contributed by atoms with Gasteiger partial charge in [-0.25, -0.2) is 0 Å².